The highest BCUT2D eigenvalue weighted by Gasteiger charge is 2.29. The zero-order chi connectivity index (χ0) is 11.6. The molecule has 0 radical (unpaired) electrons. The summed E-state index contributed by atoms with van der Waals surface area (Å²) >= 11 is 0. The highest BCUT2D eigenvalue weighted by Crippen LogP contribution is 2.18. The van der Waals surface area contributed by atoms with E-state index >= 15 is 0 Å². The van der Waals surface area contributed by atoms with Gasteiger partial charge in [0.05, 0.1) is 11.5 Å². The standard InChI is InChI=1S/C11H22N2O2S.ClH/c1-10-9-16(14,15)7-6-13(10)8-11-2-4-12-5-3-11;/h10-12H,2-9H2,1H3;1H. The van der Waals surface area contributed by atoms with Gasteiger partial charge in [0.15, 0.2) is 9.84 Å². The predicted octanol–water partition coefficient (Wildman–Crippen LogP) is 0.527. The summed E-state index contributed by atoms with van der Waals surface area (Å²) in [6.07, 6.45) is 2.46. The van der Waals surface area contributed by atoms with Gasteiger partial charge in [-0.05, 0) is 38.8 Å². The summed E-state index contributed by atoms with van der Waals surface area (Å²) in [5.74, 6) is 1.45. The number of halogens is 1. The van der Waals surface area contributed by atoms with Crippen molar-refractivity contribution in [1.29, 1.82) is 0 Å². The van der Waals surface area contributed by atoms with Crippen molar-refractivity contribution in [1.82, 2.24) is 10.2 Å². The van der Waals surface area contributed by atoms with E-state index in [4.69, 9.17) is 0 Å². The first-order valence-electron chi connectivity index (χ1n) is 6.22. The molecule has 0 aromatic carbocycles. The largest absolute Gasteiger partial charge is 0.317 e. The zero-order valence-electron chi connectivity index (χ0n) is 10.4. The first kappa shape index (κ1) is 15.2. The minimum absolute atomic E-state index is 0. The summed E-state index contributed by atoms with van der Waals surface area (Å²) in [6.45, 7) is 6.08. The molecule has 2 saturated heterocycles. The molecule has 17 heavy (non-hydrogen) atoms. The second kappa shape index (κ2) is 6.36. The number of piperidine rings is 1. The van der Waals surface area contributed by atoms with E-state index in [0.29, 0.717) is 11.5 Å². The fraction of sp³-hybridized carbons (Fsp3) is 1.00. The van der Waals surface area contributed by atoms with Crippen LogP contribution in [0.25, 0.3) is 0 Å². The van der Waals surface area contributed by atoms with Crippen LogP contribution < -0.4 is 5.32 Å². The normalized spacial score (nSPS) is 30.8. The van der Waals surface area contributed by atoms with Crippen molar-refractivity contribution >= 4 is 22.2 Å². The predicted molar refractivity (Wildman–Crippen MR) is 72.5 cm³/mol. The lowest BCUT2D eigenvalue weighted by Gasteiger charge is -2.36. The van der Waals surface area contributed by atoms with Gasteiger partial charge < -0.3 is 5.32 Å². The van der Waals surface area contributed by atoms with Crippen LogP contribution in [0.2, 0.25) is 0 Å². The summed E-state index contributed by atoms with van der Waals surface area (Å²) in [7, 11) is -2.76. The lowest BCUT2D eigenvalue weighted by atomic mass is 9.97. The fourth-order valence-corrected chi connectivity index (χ4v) is 4.33. The van der Waals surface area contributed by atoms with Crippen molar-refractivity contribution in [3.8, 4) is 0 Å². The summed E-state index contributed by atoms with van der Waals surface area (Å²) < 4.78 is 22.9. The molecule has 2 rings (SSSR count). The van der Waals surface area contributed by atoms with Crippen LogP contribution in [-0.4, -0.2) is 57.0 Å². The maximum atomic E-state index is 11.5. The van der Waals surface area contributed by atoms with Crippen molar-refractivity contribution in [2.75, 3.05) is 37.7 Å². The second-order valence-corrected chi connectivity index (χ2v) is 7.38. The van der Waals surface area contributed by atoms with E-state index in [9.17, 15) is 8.42 Å². The van der Waals surface area contributed by atoms with Gasteiger partial charge in [-0.3, -0.25) is 4.90 Å². The molecular formula is C11H23ClN2O2S. The quantitative estimate of drug-likeness (QED) is 0.803. The smallest absolute Gasteiger partial charge is 0.153 e. The van der Waals surface area contributed by atoms with Crippen LogP contribution in [0.3, 0.4) is 0 Å². The number of sulfone groups is 1. The van der Waals surface area contributed by atoms with Gasteiger partial charge in [-0.2, -0.15) is 0 Å². The lowest BCUT2D eigenvalue weighted by Crippen LogP contribution is -2.49. The Morgan fingerprint density at radius 3 is 2.53 bits per heavy atom. The number of hydrogen-bond acceptors (Lipinski definition) is 4. The van der Waals surface area contributed by atoms with Crippen molar-refractivity contribution in [3.63, 3.8) is 0 Å². The Balaban J connectivity index is 0.00000144. The third kappa shape index (κ3) is 4.39. The van der Waals surface area contributed by atoms with E-state index in [1.54, 1.807) is 0 Å². The van der Waals surface area contributed by atoms with E-state index in [2.05, 4.69) is 10.2 Å². The summed E-state index contributed by atoms with van der Waals surface area (Å²) in [6, 6.07) is 0.202. The first-order chi connectivity index (χ1) is 7.57. The van der Waals surface area contributed by atoms with E-state index in [-0.39, 0.29) is 18.4 Å². The monoisotopic (exact) mass is 282 g/mol. The van der Waals surface area contributed by atoms with Crippen LogP contribution in [0.15, 0.2) is 0 Å². The van der Waals surface area contributed by atoms with Crippen molar-refractivity contribution < 1.29 is 8.42 Å². The molecule has 0 aromatic rings. The Morgan fingerprint density at radius 2 is 1.94 bits per heavy atom. The van der Waals surface area contributed by atoms with Gasteiger partial charge in [0.2, 0.25) is 0 Å². The molecule has 1 atom stereocenters. The lowest BCUT2D eigenvalue weighted by molar-refractivity contribution is 0.173. The van der Waals surface area contributed by atoms with Gasteiger partial charge in [-0.1, -0.05) is 0 Å². The maximum Gasteiger partial charge on any atom is 0.153 e. The van der Waals surface area contributed by atoms with E-state index in [0.717, 1.165) is 32.1 Å². The van der Waals surface area contributed by atoms with Crippen LogP contribution in [0.1, 0.15) is 19.8 Å². The molecule has 2 aliphatic rings. The van der Waals surface area contributed by atoms with Crippen LogP contribution in [-0.2, 0) is 9.84 Å². The van der Waals surface area contributed by atoms with E-state index in [1.807, 2.05) is 6.92 Å². The molecule has 0 spiro atoms. The SMILES string of the molecule is CC1CS(=O)(=O)CCN1CC1CCNCC1.Cl. The average molecular weight is 283 g/mol. The summed E-state index contributed by atoms with van der Waals surface area (Å²) in [4.78, 5) is 2.36. The molecule has 102 valence electrons. The molecule has 0 bridgehead atoms. The van der Waals surface area contributed by atoms with Gasteiger partial charge in [0.1, 0.15) is 0 Å². The molecule has 0 saturated carbocycles. The molecular weight excluding hydrogens is 260 g/mol. The van der Waals surface area contributed by atoms with Crippen LogP contribution in [0.4, 0.5) is 0 Å². The number of hydrogen-bond donors (Lipinski definition) is 1. The highest BCUT2D eigenvalue weighted by atomic mass is 35.5. The summed E-state index contributed by atoms with van der Waals surface area (Å²) in [5, 5.41) is 3.36. The van der Waals surface area contributed by atoms with E-state index < -0.39 is 9.84 Å². The van der Waals surface area contributed by atoms with Crippen molar-refractivity contribution in [3.05, 3.63) is 0 Å². The fourth-order valence-electron chi connectivity index (χ4n) is 2.70. The molecule has 0 amide bonds. The molecule has 2 fully saturated rings. The van der Waals surface area contributed by atoms with E-state index in [1.165, 1.54) is 12.8 Å². The number of nitrogens with one attached hydrogen (secondary N) is 1. The first-order valence-corrected chi connectivity index (χ1v) is 8.04. The average Bonchev–Trinajstić information content (AvgIpc) is 2.23. The van der Waals surface area contributed by atoms with Crippen molar-refractivity contribution in [2.24, 2.45) is 5.92 Å². The molecule has 6 heteroatoms. The molecule has 1 N–H and O–H groups in total. The Kier molecular flexibility index (Phi) is 5.70. The minimum Gasteiger partial charge on any atom is -0.317 e. The Morgan fingerprint density at radius 1 is 1.29 bits per heavy atom. The Labute approximate surface area is 110 Å². The van der Waals surface area contributed by atoms with Gasteiger partial charge in [-0.15, -0.1) is 12.4 Å². The van der Waals surface area contributed by atoms with Crippen LogP contribution in [0.5, 0.6) is 0 Å². The molecule has 4 nitrogen and oxygen atoms in total. The summed E-state index contributed by atoms with van der Waals surface area (Å²) in [5.41, 5.74) is 0. The number of nitrogens with zero attached hydrogens (tertiary/aromatic N) is 1. The molecule has 2 heterocycles. The van der Waals surface area contributed by atoms with Crippen LogP contribution in [0, 0.1) is 5.92 Å². The molecule has 2 aliphatic heterocycles. The maximum absolute atomic E-state index is 11.5. The highest BCUT2D eigenvalue weighted by molar-refractivity contribution is 7.91. The number of rotatable bonds is 2. The van der Waals surface area contributed by atoms with Gasteiger partial charge in [-0.25, -0.2) is 8.42 Å². The molecule has 0 aromatic heterocycles. The minimum atomic E-state index is -2.76. The topological polar surface area (TPSA) is 49.4 Å². The zero-order valence-corrected chi connectivity index (χ0v) is 12.0. The molecule has 1 unspecified atom stereocenters. The van der Waals surface area contributed by atoms with Crippen LogP contribution >= 0.6 is 12.4 Å². The van der Waals surface area contributed by atoms with Gasteiger partial charge in [0, 0.05) is 19.1 Å². The molecule has 0 aliphatic carbocycles. The Hall–Kier alpha value is 0.160. The van der Waals surface area contributed by atoms with Crippen molar-refractivity contribution in [2.45, 2.75) is 25.8 Å². The van der Waals surface area contributed by atoms with Gasteiger partial charge in [0.25, 0.3) is 0 Å². The third-order valence-corrected chi connectivity index (χ3v) is 5.55. The van der Waals surface area contributed by atoms with Gasteiger partial charge >= 0.3 is 0 Å². The Bertz CT molecular complexity index is 328. The third-order valence-electron chi connectivity index (χ3n) is 3.76. The second-order valence-electron chi connectivity index (χ2n) is 5.15.